The van der Waals surface area contributed by atoms with Gasteiger partial charge in [-0.1, -0.05) is 52.0 Å². The van der Waals surface area contributed by atoms with Gasteiger partial charge in [-0.05, 0) is 145 Å². The van der Waals surface area contributed by atoms with Crippen LogP contribution in [0, 0.1) is 13.8 Å². The van der Waals surface area contributed by atoms with E-state index >= 15 is 0 Å². The topological polar surface area (TPSA) is 82.3 Å². The second kappa shape index (κ2) is 16.5. The molecule has 7 heterocycles. The standard InChI is InChI=1S/C52H60N6O2/c1-9-39-31(5)49-47(35-13-17-37(18-14-35)57-21-25-59-26-22-57)50-33(7)41(11-3)45(55-50)30-46-42(12-4)34(8)52(56-46)48(36-15-19-38(20-16-36)58-23-27-60-28-24-58)51-32(6)40(10-2)44(54-51)29-43(39)53-49/h13-20,29-30,53,56H,9-12,21-28H2,1-8H3. The summed E-state index contributed by atoms with van der Waals surface area (Å²) in [6.45, 7) is 24.8. The van der Waals surface area contributed by atoms with Crippen LogP contribution in [0.25, 0.3) is 66.6 Å². The van der Waals surface area contributed by atoms with E-state index in [4.69, 9.17) is 19.4 Å². The van der Waals surface area contributed by atoms with Crippen molar-refractivity contribution in [3.05, 3.63) is 106 Å². The molecule has 9 rings (SSSR count). The van der Waals surface area contributed by atoms with Gasteiger partial charge >= 0.3 is 0 Å². The number of hydrogen-bond acceptors (Lipinski definition) is 6. The first kappa shape index (κ1) is 40.0. The van der Waals surface area contributed by atoms with Crippen LogP contribution >= 0.6 is 0 Å². The van der Waals surface area contributed by atoms with Crippen LogP contribution in [0.3, 0.4) is 0 Å². The average Bonchev–Trinajstić information content (AvgIpc) is 3.97. The molecule has 0 radical (unpaired) electrons. The van der Waals surface area contributed by atoms with Gasteiger partial charge in [-0.3, -0.25) is 0 Å². The number of hydrogen-bond donors (Lipinski definition) is 2. The molecule has 8 heteroatoms. The Kier molecular flexibility index (Phi) is 11.0. The van der Waals surface area contributed by atoms with Gasteiger partial charge in [-0.25, -0.2) is 9.97 Å². The maximum atomic E-state index is 5.67. The molecule has 5 aromatic rings. The zero-order chi connectivity index (χ0) is 41.7. The molecule has 2 fully saturated rings. The Morgan fingerprint density at radius 3 is 1.22 bits per heavy atom. The van der Waals surface area contributed by atoms with Gasteiger partial charge in [0.05, 0.1) is 60.2 Å². The van der Waals surface area contributed by atoms with E-state index in [1.54, 1.807) is 0 Å². The van der Waals surface area contributed by atoms with Crippen molar-refractivity contribution < 1.29 is 9.47 Å². The number of anilines is 2. The Morgan fingerprint density at radius 1 is 0.517 bits per heavy atom. The summed E-state index contributed by atoms with van der Waals surface area (Å²) in [4.78, 5) is 24.1. The Bertz CT molecular complexity index is 2500. The number of nitrogens with one attached hydrogen (secondary N) is 2. The van der Waals surface area contributed by atoms with Crippen LogP contribution in [-0.4, -0.2) is 72.5 Å². The van der Waals surface area contributed by atoms with Gasteiger partial charge in [0, 0.05) is 59.7 Å². The molecule has 0 aliphatic carbocycles. The molecule has 4 aliphatic rings. The Hall–Kier alpha value is -5.44. The van der Waals surface area contributed by atoms with Crippen LogP contribution in [-0.2, 0) is 22.3 Å². The number of aromatic nitrogens is 4. The second-order valence-electron chi connectivity index (χ2n) is 16.7. The minimum Gasteiger partial charge on any atom is -0.378 e. The molecule has 8 nitrogen and oxygen atoms in total. The third-order valence-electron chi connectivity index (χ3n) is 13.5. The Balaban J connectivity index is 1.38. The summed E-state index contributed by atoms with van der Waals surface area (Å²) in [5.74, 6) is 0. The summed E-state index contributed by atoms with van der Waals surface area (Å²) in [6, 6.07) is 22.9. The first-order valence-corrected chi connectivity index (χ1v) is 22.3. The summed E-state index contributed by atoms with van der Waals surface area (Å²) < 4.78 is 11.3. The van der Waals surface area contributed by atoms with E-state index < -0.39 is 0 Å². The van der Waals surface area contributed by atoms with Crippen LogP contribution in [0.2, 0.25) is 0 Å². The number of fused-ring (bicyclic) bond motifs is 8. The first-order chi connectivity index (χ1) is 29.2. The van der Waals surface area contributed by atoms with Crippen molar-refractivity contribution in [2.75, 3.05) is 62.4 Å². The minimum atomic E-state index is 0.762. The van der Waals surface area contributed by atoms with Gasteiger partial charge < -0.3 is 29.2 Å². The molecule has 0 saturated carbocycles. The molecule has 2 saturated heterocycles. The number of allylic oxidation sites excluding steroid dienone is 4. The molecule has 0 unspecified atom stereocenters. The van der Waals surface area contributed by atoms with Gasteiger partial charge in [0.2, 0.25) is 0 Å². The van der Waals surface area contributed by atoms with Crippen molar-refractivity contribution >= 4 is 55.7 Å². The summed E-state index contributed by atoms with van der Waals surface area (Å²) in [5, 5.41) is 0. The van der Waals surface area contributed by atoms with Gasteiger partial charge in [-0.15, -0.1) is 0 Å². The second-order valence-corrected chi connectivity index (χ2v) is 16.7. The minimum absolute atomic E-state index is 0.762. The molecule has 0 spiro atoms. The molecular weight excluding hydrogens is 741 g/mol. The first-order valence-electron chi connectivity index (χ1n) is 22.3. The molecule has 4 aliphatic heterocycles. The van der Waals surface area contributed by atoms with E-state index in [2.05, 4.69) is 136 Å². The highest BCUT2D eigenvalue weighted by atomic mass is 16.5. The lowest BCUT2D eigenvalue weighted by Gasteiger charge is -2.29. The van der Waals surface area contributed by atoms with E-state index in [-0.39, 0.29) is 0 Å². The third kappa shape index (κ3) is 6.88. The number of benzene rings is 2. The van der Waals surface area contributed by atoms with E-state index in [0.717, 1.165) is 145 Å². The van der Waals surface area contributed by atoms with Crippen LogP contribution in [0.5, 0.6) is 0 Å². The van der Waals surface area contributed by atoms with Crippen molar-refractivity contribution in [2.24, 2.45) is 0 Å². The molecule has 0 atom stereocenters. The van der Waals surface area contributed by atoms with Crippen molar-refractivity contribution in [2.45, 2.75) is 81.1 Å². The van der Waals surface area contributed by atoms with Gasteiger partial charge in [0.1, 0.15) is 0 Å². The normalized spacial score (nSPS) is 16.1. The predicted octanol–water partition coefficient (Wildman–Crippen LogP) is 11.7. The van der Waals surface area contributed by atoms with Crippen molar-refractivity contribution in [3.8, 4) is 22.3 Å². The summed E-state index contributed by atoms with van der Waals surface area (Å²) in [6.07, 6.45) is 3.57. The molecule has 0 amide bonds. The third-order valence-corrected chi connectivity index (χ3v) is 13.5. The zero-order valence-corrected chi connectivity index (χ0v) is 36.9. The van der Waals surface area contributed by atoms with E-state index in [1.165, 1.54) is 55.9 Å². The van der Waals surface area contributed by atoms with Crippen LogP contribution in [0.15, 0.2) is 60.7 Å². The summed E-state index contributed by atoms with van der Waals surface area (Å²) >= 11 is 0. The van der Waals surface area contributed by atoms with Gasteiger partial charge in [0.25, 0.3) is 0 Å². The molecular formula is C52H60N6O2. The lowest BCUT2D eigenvalue weighted by atomic mass is 9.95. The number of rotatable bonds is 8. The number of H-pyrrole nitrogens is 2. The number of aromatic amines is 2. The number of nitrogens with zero attached hydrogens (tertiary/aromatic N) is 4. The lowest BCUT2D eigenvalue weighted by molar-refractivity contribution is 0.122. The highest BCUT2D eigenvalue weighted by Gasteiger charge is 2.26. The van der Waals surface area contributed by atoms with Crippen LogP contribution < -0.4 is 9.80 Å². The molecule has 3 aromatic heterocycles. The number of morpholine rings is 2. The highest BCUT2D eigenvalue weighted by Crippen LogP contribution is 2.44. The van der Waals surface area contributed by atoms with Crippen LogP contribution in [0.1, 0.15) is 99.4 Å². The van der Waals surface area contributed by atoms with Crippen LogP contribution in [0.4, 0.5) is 11.4 Å². The molecule has 60 heavy (non-hydrogen) atoms. The number of ether oxygens (including phenoxy) is 2. The fourth-order valence-corrected chi connectivity index (χ4v) is 10.2. The lowest BCUT2D eigenvalue weighted by Crippen LogP contribution is -2.36. The fraction of sp³-hybridized carbons (Fsp3) is 0.385. The molecule has 2 N–H and O–H groups in total. The molecule has 2 aromatic carbocycles. The van der Waals surface area contributed by atoms with E-state index in [1.807, 2.05) is 0 Å². The molecule has 310 valence electrons. The summed E-state index contributed by atoms with van der Waals surface area (Å²) in [7, 11) is 0. The van der Waals surface area contributed by atoms with Crippen molar-refractivity contribution in [3.63, 3.8) is 0 Å². The quantitative estimate of drug-likeness (QED) is 0.163. The van der Waals surface area contributed by atoms with Crippen molar-refractivity contribution in [1.82, 2.24) is 19.9 Å². The maximum absolute atomic E-state index is 5.67. The largest absolute Gasteiger partial charge is 0.378 e. The van der Waals surface area contributed by atoms with Gasteiger partial charge in [0.15, 0.2) is 0 Å². The highest BCUT2D eigenvalue weighted by molar-refractivity contribution is 6.03. The summed E-state index contributed by atoms with van der Waals surface area (Å²) in [5.41, 5.74) is 25.9. The van der Waals surface area contributed by atoms with Gasteiger partial charge in [-0.2, -0.15) is 0 Å². The fourth-order valence-electron chi connectivity index (χ4n) is 10.2. The SMILES string of the molecule is CCC1=C(C)c2nc1cc1[nH]c(c(C)c1CC)c(-c1ccc(N3CCOCC3)cc1)c1nc(cc3[nH]c(c(C)c3CC)c2-c2ccc(N3CCOCC3)cc2)C(CC)=C1C. The predicted molar refractivity (Wildman–Crippen MR) is 252 cm³/mol. The Morgan fingerprint density at radius 2 is 0.883 bits per heavy atom. The molecule has 8 bridgehead atoms. The zero-order valence-electron chi connectivity index (χ0n) is 36.9. The van der Waals surface area contributed by atoms with Crippen molar-refractivity contribution in [1.29, 1.82) is 0 Å². The average molecular weight is 801 g/mol. The maximum Gasteiger partial charge on any atom is 0.0769 e. The van der Waals surface area contributed by atoms with E-state index in [9.17, 15) is 0 Å². The Labute approximate surface area is 355 Å². The van der Waals surface area contributed by atoms with E-state index in [0.29, 0.717) is 0 Å². The monoisotopic (exact) mass is 800 g/mol. The number of aryl methyl sites for hydroxylation is 4. The smallest absolute Gasteiger partial charge is 0.0769 e.